The van der Waals surface area contributed by atoms with Crippen molar-refractivity contribution in [2.24, 2.45) is 0 Å². The van der Waals surface area contributed by atoms with E-state index in [1.165, 1.54) is 15.6 Å². The van der Waals surface area contributed by atoms with Crippen LogP contribution in [0.3, 0.4) is 0 Å². The third-order valence-corrected chi connectivity index (χ3v) is 2.93. The van der Waals surface area contributed by atoms with Gasteiger partial charge in [0.1, 0.15) is 0 Å². The summed E-state index contributed by atoms with van der Waals surface area (Å²) >= 11 is 2.39. The number of hydrogen-bond donors (Lipinski definition) is 0. The van der Waals surface area contributed by atoms with Gasteiger partial charge in [0, 0.05) is 9.99 Å². The molecule has 0 atom stereocenters. The van der Waals surface area contributed by atoms with Gasteiger partial charge in [0.25, 0.3) is 0 Å². The van der Waals surface area contributed by atoms with Crippen LogP contribution in [0.5, 0.6) is 0 Å². The van der Waals surface area contributed by atoms with Gasteiger partial charge in [-0.3, -0.25) is 0 Å². The van der Waals surface area contributed by atoms with E-state index in [1.54, 1.807) is 0 Å². The molecule has 1 aromatic carbocycles. The van der Waals surface area contributed by atoms with Crippen molar-refractivity contribution in [3.05, 3.63) is 33.4 Å². The summed E-state index contributed by atoms with van der Waals surface area (Å²) in [6.07, 6.45) is 3.33. The first-order valence-electron chi connectivity index (χ1n) is 4.47. The van der Waals surface area contributed by atoms with E-state index in [1.807, 2.05) is 6.92 Å². The Kier molecular flexibility index (Phi) is 4.92. The van der Waals surface area contributed by atoms with Crippen molar-refractivity contribution in [1.29, 1.82) is 0 Å². The molecule has 1 rings (SSSR count). The molecule has 0 aliphatic carbocycles. The van der Waals surface area contributed by atoms with Gasteiger partial charge < -0.3 is 0 Å². The minimum absolute atomic E-state index is 1.02. The van der Waals surface area contributed by atoms with E-state index in [0.29, 0.717) is 0 Å². The van der Waals surface area contributed by atoms with Crippen LogP contribution in [0.1, 0.15) is 25.3 Å². The quantitative estimate of drug-likeness (QED) is 0.451. The largest absolute Gasteiger partial charge is 0.107 e. The summed E-state index contributed by atoms with van der Waals surface area (Å²) in [5.41, 5.74) is 1.45. The number of aryl methyl sites for hydroxylation is 1. The molecule has 0 heterocycles. The number of benzene rings is 1. The zero-order chi connectivity index (χ0) is 9.52. The molecule has 1 aromatic rings. The van der Waals surface area contributed by atoms with Crippen LogP contribution in [-0.2, 0) is 6.42 Å². The molecule has 0 unspecified atom stereocenters. The maximum absolute atomic E-state index is 3.09. The highest BCUT2D eigenvalue weighted by Crippen LogP contribution is 2.13. The molecule has 0 saturated heterocycles. The molecule has 0 N–H and O–H groups in total. The van der Waals surface area contributed by atoms with Crippen LogP contribution in [0.2, 0.25) is 0 Å². The maximum Gasteiger partial charge on any atom is 0.0162 e. The van der Waals surface area contributed by atoms with E-state index in [-0.39, 0.29) is 0 Å². The van der Waals surface area contributed by atoms with E-state index >= 15 is 0 Å². The first kappa shape index (κ1) is 10.6. The fraction of sp³-hybridized carbons (Fsp3) is 0.333. The van der Waals surface area contributed by atoms with Gasteiger partial charge in [0.2, 0.25) is 0 Å². The third kappa shape index (κ3) is 3.82. The van der Waals surface area contributed by atoms with E-state index < -0.39 is 0 Å². The highest BCUT2D eigenvalue weighted by molar-refractivity contribution is 14.1. The van der Waals surface area contributed by atoms with Crippen molar-refractivity contribution in [2.45, 2.75) is 26.2 Å². The van der Waals surface area contributed by atoms with Crippen molar-refractivity contribution in [1.82, 2.24) is 0 Å². The molecule has 0 fully saturated rings. The normalized spacial score (nSPS) is 9.08. The van der Waals surface area contributed by atoms with Gasteiger partial charge in [0.15, 0.2) is 0 Å². The highest BCUT2D eigenvalue weighted by Gasteiger charge is 1.96. The van der Waals surface area contributed by atoms with Crippen molar-refractivity contribution >= 4 is 22.6 Å². The summed E-state index contributed by atoms with van der Waals surface area (Å²) in [4.78, 5) is 0. The van der Waals surface area contributed by atoms with Gasteiger partial charge in [-0.15, -0.1) is 11.8 Å². The number of halogens is 1. The Morgan fingerprint density at radius 2 is 2.08 bits per heavy atom. The molecule has 1 heteroatoms. The van der Waals surface area contributed by atoms with Crippen LogP contribution < -0.4 is 0 Å². The average molecular weight is 284 g/mol. The molecular formula is C12H13I. The van der Waals surface area contributed by atoms with Crippen LogP contribution in [0.15, 0.2) is 24.3 Å². The van der Waals surface area contributed by atoms with Crippen LogP contribution in [-0.4, -0.2) is 0 Å². The third-order valence-electron chi connectivity index (χ3n) is 1.88. The molecule has 0 amide bonds. The van der Waals surface area contributed by atoms with Gasteiger partial charge in [-0.25, -0.2) is 0 Å². The summed E-state index contributed by atoms with van der Waals surface area (Å²) in [5, 5.41) is 0. The topological polar surface area (TPSA) is 0 Å². The Balaban J connectivity index is 2.44. The van der Waals surface area contributed by atoms with Crippen molar-refractivity contribution in [3.63, 3.8) is 0 Å². The Labute approximate surface area is 93.9 Å². The molecule has 0 aliphatic heterocycles. The van der Waals surface area contributed by atoms with Crippen LogP contribution in [0.25, 0.3) is 0 Å². The van der Waals surface area contributed by atoms with Gasteiger partial charge in [-0.1, -0.05) is 18.2 Å². The summed E-state index contributed by atoms with van der Waals surface area (Å²) in [6, 6.07) is 8.53. The van der Waals surface area contributed by atoms with Crippen molar-refractivity contribution in [2.75, 3.05) is 0 Å². The van der Waals surface area contributed by atoms with Crippen molar-refractivity contribution in [3.8, 4) is 11.8 Å². The predicted molar refractivity (Wildman–Crippen MR) is 65.5 cm³/mol. The minimum atomic E-state index is 1.02. The lowest BCUT2D eigenvalue weighted by molar-refractivity contribution is 0.854. The number of hydrogen-bond acceptors (Lipinski definition) is 0. The number of rotatable bonds is 3. The Hall–Kier alpha value is -0.490. The SMILES string of the molecule is CC#CCCCc1ccccc1I. The molecule has 0 radical (unpaired) electrons. The highest BCUT2D eigenvalue weighted by atomic mass is 127. The Bertz CT molecular complexity index is 317. The monoisotopic (exact) mass is 284 g/mol. The van der Waals surface area contributed by atoms with Crippen LogP contribution in [0, 0.1) is 15.4 Å². The summed E-state index contributed by atoms with van der Waals surface area (Å²) in [7, 11) is 0. The molecule has 13 heavy (non-hydrogen) atoms. The molecule has 0 bridgehead atoms. The summed E-state index contributed by atoms with van der Waals surface area (Å²) in [6.45, 7) is 1.90. The van der Waals surface area contributed by atoms with Gasteiger partial charge >= 0.3 is 0 Å². The second-order valence-corrected chi connectivity index (χ2v) is 4.03. The molecular weight excluding hydrogens is 271 g/mol. The fourth-order valence-corrected chi connectivity index (χ4v) is 1.85. The second kappa shape index (κ2) is 6.04. The molecule has 0 nitrogen and oxygen atoms in total. The zero-order valence-corrected chi connectivity index (χ0v) is 9.97. The van der Waals surface area contributed by atoms with Crippen LogP contribution in [0.4, 0.5) is 0 Å². The standard InChI is InChI=1S/C12H13I/c1-2-3-4-5-8-11-9-6-7-10-12(11)13/h6-7,9-10H,4-5,8H2,1H3. The van der Waals surface area contributed by atoms with E-state index in [0.717, 1.165) is 12.8 Å². The molecule has 68 valence electrons. The average Bonchev–Trinajstić information content (AvgIpc) is 2.15. The second-order valence-electron chi connectivity index (χ2n) is 2.87. The lowest BCUT2D eigenvalue weighted by Crippen LogP contribution is -1.88. The Morgan fingerprint density at radius 3 is 2.77 bits per heavy atom. The minimum Gasteiger partial charge on any atom is -0.107 e. The first-order valence-corrected chi connectivity index (χ1v) is 5.55. The van der Waals surface area contributed by atoms with Gasteiger partial charge in [-0.05, 0) is 54.0 Å². The smallest absolute Gasteiger partial charge is 0.0162 e. The Morgan fingerprint density at radius 1 is 1.31 bits per heavy atom. The lowest BCUT2D eigenvalue weighted by Gasteiger charge is -2.01. The predicted octanol–water partition coefficient (Wildman–Crippen LogP) is 3.64. The van der Waals surface area contributed by atoms with E-state index in [9.17, 15) is 0 Å². The molecule has 0 aromatic heterocycles. The zero-order valence-electron chi connectivity index (χ0n) is 7.81. The maximum atomic E-state index is 3.09. The number of unbranched alkanes of at least 4 members (excludes halogenated alkanes) is 1. The molecule has 0 aliphatic rings. The van der Waals surface area contributed by atoms with Crippen molar-refractivity contribution < 1.29 is 0 Å². The van der Waals surface area contributed by atoms with E-state index in [2.05, 4.69) is 58.7 Å². The summed E-state index contributed by atoms with van der Waals surface area (Å²) in [5.74, 6) is 6.00. The molecule has 0 saturated carbocycles. The fourth-order valence-electron chi connectivity index (χ4n) is 1.19. The van der Waals surface area contributed by atoms with E-state index in [4.69, 9.17) is 0 Å². The summed E-state index contributed by atoms with van der Waals surface area (Å²) < 4.78 is 1.37. The van der Waals surface area contributed by atoms with Crippen LogP contribution >= 0.6 is 22.6 Å². The van der Waals surface area contributed by atoms with Gasteiger partial charge in [0.05, 0.1) is 0 Å². The molecule has 0 spiro atoms. The lowest BCUT2D eigenvalue weighted by atomic mass is 10.1. The first-order chi connectivity index (χ1) is 6.34. The van der Waals surface area contributed by atoms with Gasteiger partial charge in [-0.2, -0.15) is 0 Å².